The lowest BCUT2D eigenvalue weighted by Crippen LogP contribution is -2.36. The number of aromatic nitrogens is 1. The Morgan fingerprint density at radius 2 is 1.28 bits per heavy atom. The molecule has 4 heteroatoms. The minimum absolute atomic E-state index is 0.471. The van der Waals surface area contributed by atoms with Gasteiger partial charge in [0.1, 0.15) is 5.60 Å². The van der Waals surface area contributed by atoms with Gasteiger partial charge in [-0.15, -0.1) is 0 Å². The first-order chi connectivity index (χ1) is 14.1. The summed E-state index contributed by atoms with van der Waals surface area (Å²) < 4.78 is 0. The second kappa shape index (κ2) is 8.38. The molecule has 0 aliphatic carbocycles. The molecule has 3 aromatic carbocycles. The van der Waals surface area contributed by atoms with E-state index < -0.39 is 11.5 Å². The molecular weight excluding hydrogens is 401 g/mol. The van der Waals surface area contributed by atoms with Crippen LogP contribution in [0.2, 0.25) is 10.0 Å². The topological polar surface area (TPSA) is 33.1 Å². The van der Waals surface area contributed by atoms with Crippen LogP contribution < -0.4 is 0 Å². The lowest BCUT2D eigenvalue weighted by atomic mass is 9.71. The highest BCUT2D eigenvalue weighted by molar-refractivity contribution is 6.31. The van der Waals surface area contributed by atoms with E-state index in [0.717, 1.165) is 11.3 Å². The number of rotatable bonds is 5. The molecule has 1 atom stereocenters. The van der Waals surface area contributed by atoms with Gasteiger partial charge in [0.25, 0.3) is 0 Å². The molecule has 1 heterocycles. The molecule has 4 aromatic rings. The molecular formula is C25H19Cl2NO. The monoisotopic (exact) mass is 419 g/mol. The Balaban J connectivity index is 2.04. The highest BCUT2D eigenvalue weighted by Crippen LogP contribution is 2.46. The molecule has 0 aliphatic rings. The smallest absolute Gasteiger partial charge is 0.127 e. The second-order valence-electron chi connectivity index (χ2n) is 6.89. The average Bonchev–Trinajstić information content (AvgIpc) is 2.75. The van der Waals surface area contributed by atoms with Crippen LogP contribution in [0, 0.1) is 0 Å². The summed E-state index contributed by atoms with van der Waals surface area (Å²) in [5.41, 5.74) is 1.60. The quantitative estimate of drug-likeness (QED) is 0.402. The van der Waals surface area contributed by atoms with Gasteiger partial charge < -0.3 is 5.11 Å². The molecule has 4 rings (SSSR count). The van der Waals surface area contributed by atoms with Crippen LogP contribution in [0.15, 0.2) is 103 Å². The lowest BCUT2D eigenvalue weighted by molar-refractivity contribution is 0.0612. The van der Waals surface area contributed by atoms with Gasteiger partial charge in [-0.2, -0.15) is 0 Å². The van der Waals surface area contributed by atoms with Gasteiger partial charge in [0.2, 0.25) is 0 Å². The number of benzene rings is 3. The molecule has 2 nitrogen and oxygen atoms in total. The Kier molecular flexibility index (Phi) is 5.68. The molecule has 1 aromatic heterocycles. The highest BCUT2D eigenvalue weighted by atomic mass is 35.5. The van der Waals surface area contributed by atoms with Crippen LogP contribution >= 0.6 is 23.2 Å². The maximum absolute atomic E-state index is 12.4. The van der Waals surface area contributed by atoms with Gasteiger partial charge in [-0.1, -0.05) is 83.9 Å². The van der Waals surface area contributed by atoms with E-state index in [4.69, 9.17) is 23.2 Å². The van der Waals surface area contributed by atoms with Crippen molar-refractivity contribution in [3.63, 3.8) is 0 Å². The lowest BCUT2D eigenvalue weighted by Gasteiger charge is -2.37. The van der Waals surface area contributed by atoms with E-state index in [9.17, 15) is 5.11 Å². The average molecular weight is 420 g/mol. The van der Waals surface area contributed by atoms with E-state index in [0.29, 0.717) is 21.2 Å². The fourth-order valence-electron chi connectivity index (χ4n) is 3.77. The molecule has 0 bridgehead atoms. The van der Waals surface area contributed by atoms with Gasteiger partial charge in [0.05, 0.1) is 11.6 Å². The van der Waals surface area contributed by atoms with Crippen molar-refractivity contribution in [3.8, 4) is 0 Å². The maximum Gasteiger partial charge on any atom is 0.127 e. The largest absolute Gasteiger partial charge is 0.379 e. The molecule has 144 valence electrons. The number of aliphatic hydroxyl groups is 1. The summed E-state index contributed by atoms with van der Waals surface area (Å²) in [6.07, 6.45) is 1.74. The van der Waals surface area contributed by atoms with E-state index in [1.807, 2.05) is 72.8 Å². The van der Waals surface area contributed by atoms with Crippen LogP contribution in [0.3, 0.4) is 0 Å². The predicted octanol–water partition coefficient (Wildman–Crippen LogP) is 6.46. The first-order valence-corrected chi connectivity index (χ1v) is 10.0. The van der Waals surface area contributed by atoms with Crippen molar-refractivity contribution in [2.75, 3.05) is 0 Å². The van der Waals surface area contributed by atoms with Crippen LogP contribution in [-0.2, 0) is 5.60 Å². The number of nitrogens with zero attached hydrogens (tertiary/aromatic N) is 1. The Morgan fingerprint density at radius 3 is 1.79 bits per heavy atom. The predicted molar refractivity (Wildman–Crippen MR) is 118 cm³/mol. The second-order valence-corrected chi connectivity index (χ2v) is 7.76. The molecule has 0 radical (unpaired) electrons. The van der Waals surface area contributed by atoms with E-state index in [-0.39, 0.29) is 0 Å². The van der Waals surface area contributed by atoms with Crippen molar-refractivity contribution in [3.05, 3.63) is 136 Å². The summed E-state index contributed by atoms with van der Waals surface area (Å²) >= 11 is 12.6. The van der Waals surface area contributed by atoms with Crippen LogP contribution in [-0.4, -0.2) is 10.1 Å². The van der Waals surface area contributed by atoms with Crippen molar-refractivity contribution in [2.45, 2.75) is 11.5 Å². The van der Waals surface area contributed by atoms with Gasteiger partial charge in [0.15, 0.2) is 0 Å². The molecule has 0 aliphatic heterocycles. The molecule has 1 N–H and O–H groups in total. The van der Waals surface area contributed by atoms with Crippen LogP contribution in [0.4, 0.5) is 0 Å². The maximum atomic E-state index is 12.4. The zero-order chi connectivity index (χ0) is 20.3. The molecule has 1 unspecified atom stereocenters. The third-order valence-corrected chi connectivity index (χ3v) is 5.53. The summed E-state index contributed by atoms with van der Waals surface area (Å²) in [5, 5.41) is 13.5. The standard InChI is InChI=1S/C25H19Cl2NO/c26-21-12-6-10-19(16-21)25(29,20-11-7-13-22(27)17-20)24(18-8-2-1-3-9-18)23-14-4-5-15-28-23/h1-17,24,29H. The zero-order valence-electron chi connectivity index (χ0n) is 15.5. The van der Waals surface area contributed by atoms with E-state index in [2.05, 4.69) is 4.98 Å². The Bertz CT molecular complexity index is 1010. The van der Waals surface area contributed by atoms with Gasteiger partial charge in [-0.25, -0.2) is 0 Å². The Morgan fingerprint density at radius 1 is 0.690 bits per heavy atom. The SMILES string of the molecule is OC(c1cccc(Cl)c1)(c1cccc(Cl)c1)C(c1ccccc1)c1ccccn1. The third kappa shape index (κ3) is 3.92. The number of hydrogen-bond acceptors (Lipinski definition) is 2. The van der Waals surface area contributed by atoms with Gasteiger partial charge in [-0.05, 0) is 53.1 Å². The first-order valence-electron chi connectivity index (χ1n) is 9.29. The van der Waals surface area contributed by atoms with Gasteiger partial charge in [0, 0.05) is 16.2 Å². The van der Waals surface area contributed by atoms with Crippen molar-refractivity contribution in [1.29, 1.82) is 0 Å². The Labute approximate surface area is 180 Å². The normalized spacial score (nSPS) is 12.5. The highest BCUT2D eigenvalue weighted by Gasteiger charge is 2.43. The van der Waals surface area contributed by atoms with E-state index in [1.54, 1.807) is 30.5 Å². The molecule has 0 saturated carbocycles. The van der Waals surface area contributed by atoms with Crippen molar-refractivity contribution in [2.24, 2.45) is 0 Å². The summed E-state index contributed by atoms with van der Waals surface area (Å²) in [4.78, 5) is 4.59. The van der Waals surface area contributed by atoms with Gasteiger partial charge in [-0.3, -0.25) is 4.98 Å². The molecule has 0 amide bonds. The van der Waals surface area contributed by atoms with E-state index in [1.165, 1.54) is 0 Å². The van der Waals surface area contributed by atoms with Gasteiger partial charge >= 0.3 is 0 Å². The number of hydrogen-bond donors (Lipinski definition) is 1. The molecule has 0 saturated heterocycles. The molecule has 0 spiro atoms. The molecule has 0 fully saturated rings. The van der Waals surface area contributed by atoms with E-state index >= 15 is 0 Å². The summed E-state index contributed by atoms with van der Waals surface area (Å²) in [6.45, 7) is 0. The minimum Gasteiger partial charge on any atom is -0.379 e. The van der Waals surface area contributed by atoms with Crippen molar-refractivity contribution < 1.29 is 5.11 Å². The summed E-state index contributed by atoms with van der Waals surface area (Å²) in [5.74, 6) is -0.471. The van der Waals surface area contributed by atoms with Crippen LogP contribution in [0.25, 0.3) is 0 Å². The van der Waals surface area contributed by atoms with Crippen molar-refractivity contribution in [1.82, 2.24) is 4.98 Å². The third-order valence-electron chi connectivity index (χ3n) is 5.06. The number of pyridine rings is 1. The number of halogens is 2. The van der Waals surface area contributed by atoms with Crippen molar-refractivity contribution >= 4 is 23.2 Å². The minimum atomic E-state index is -1.44. The first kappa shape index (κ1) is 19.7. The fourth-order valence-corrected chi connectivity index (χ4v) is 4.15. The molecule has 29 heavy (non-hydrogen) atoms. The summed E-state index contributed by atoms with van der Waals surface area (Å²) in [7, 11) is 0. The van der Waals surface area contributed by atoms with Crippen LogP contribution in [0.1, 0.15) is 28.3 Å². The fraction of sp³-hybridized carbons (Fsp3) is 0.0800. The Hall–Kier alpha value is -2.65. The zero-order valence-corrected chi connectivity index (χ0v) is 17.1. The summed E-state index contributed by atoms with van der Waals surface area (Å²) in [6, 6.07) is 30.2. The van der Waals surface area contributed by atoms with Crippen LogP contribution in [0.5, 0.6) is 0 Å².